The zero-order valence-electron chi connectivity index (χ0n) is 14.5. The van der Waals surface area contributed by atoms with Gasteiger partial charge in [0.05, 0.1) is 25.3 Å². The molecule has 0 spiro atoms. The van der Waals surface area contributed by atoms with E-state index >= 15 is 0 Å². The molecule has 1 heterocycles. The van der Waals surface area contributed by atoms with E-state index in [0.717, 1.165) is 4.57 Å². The van der Waals surface area contributed by atoms with Crippen LogP contribution in [-0.2, 0) is 17.5 Å². The normalized spacial score (nSPS) is 11.4. The maximum absolute atomic E-state index is 13.3. The van der Waals surface area contributed by atoms with Crippen LogP contribution in [0.15, 0.2) is 42.5 Å². The molecule has 3 aromatic rings. The van der Waals surface area contributed by atoms with Crippen molar-refractivity contribution in [2.24, 2.45) is 0 Å². The Labute approximate surface area is 152 Å². The fourth-order valence-corrected chi connectivity index (χ4v) is 2.71. The largest absolute Gasteiger partial charge is 0.493 e. The number of methoxy groups -OCH3 is 2. The number of anilines is 1. The number of rotatable bonds is 5. The Bertz CT molecular complexity index is 983. The van der Waals surface area contributed by atoms with Gasteiger partial charge in [-0.15, -0.1) is 0 Å². The number of benzene rings is 2. The number of nitrogens with zero attached hydrogens (tertiary/aromatic N) is 2. The number of ether oxygens (including phenoxy) is 2. The summed E-state index contributed by atoms with van der Waals surface area (Å²) in [5.41, 5.74) is 0.770. The predicted octanol–water partition coefficient (Wildman–Crippen LogP) is 3.71. The summed E-state index contributed by atoms with van der Waals surface area (Å²) in [5, 5.41) is 2.56. The van der Waals surface area contributed by atoms with Crippen LogP contribution in [0.25, 0.3) is 11.0 Å². The van der Waals surface area contributed by atoms with Gasteiger partial charge in [0.15, 0.2) is 11.5 Å². The lowest BCUT2D eigenvalue weighted by atomic mass is 10.2. The number of carbonyl (C=O) groups is 1. The van der Waals surface area contributed by atoms with Crippen LogP contribution >= 0.6 is 0 Å². The van der Waals surface area contributed by atoms with Gasteiger partial charge in [-0.05, 0) is 24.3 Å². The average Bonchev–Trinajstić information content (AvgIpc) is 3.00. The molecule has 1 aromatic heterocycles. The van der Waals surface area contributed by atoms with Crippen molar-refractivity contribution in [3.05, 3.63) is 48.3 Å². The second kappa shape index (κ2) is 7.18. The van der Waals surface area contributed by atoms with Gasteiger partial charge in [0.1, 0.15) is 6.54 Å². The van der Waals surface area contributed by atoms with Gasteiger partial charge in [-0.1, -0.05) is 12.1 Å². The van der Waals surface area contributed by atoms with E-state index in [2.05, 4.69) is 10.3 Å². The fraction of sp³-hybridized carbons (Fsp3) is 0.222. The summed E-state index contributed by atoms with van der Waals surface area (Å²) in [6, 6.07) is 10.8. The van der Waals surface area contributed by atoms with Crippen molar-refractivity contribution >= 4 is 22.6 Å². The van der Waals surface area contributed by atoms with Gasteiger partial charge in [-0.3, -0.25) is 4.79 Å². The number of alkyl halides is 3. The van der Waals surface area contributed by atoms with E-state index in [0.29, 0.717) is 17.2 Å². The van der Waals surface area contributed by atoms with Crippen LogP contribution in [0.5, 0.6) is 11.5 Å². The van der Waals surface area contributed by atoms with Gasteiger partial charge in [0.25, 0.3) is 0 Å². The monoisotopic (exact) mass is 379 g/mol. The van der Waals surface area contributed by atoms with E-state index in [9.17, 15) is 18.0 Å². The lowest BCUT2D eigenvalue weighted by Gasteiger charge is -2.13. The highest BCUT2D eigenvalue weighted by Crippen LogP contribution is 2.32. The van der Waals surface area contributed by atoms with E-state index in [4.69, 9.17) is 9.47 Å². The lowest BCUT2D eigenvalue weighted by molar-refractivity contribution is -0.147. The summed E-state index contributed by atoms with van der Waals surface area (Å²) in [6.45, 7) is -0.538. The summed E-state index contributed by atoms with van der Waals surface area (Å²) >= 11 is 0. The minimum atomic E-state index is -4.68. The zero-order chi connectivity index (χ0) is 19.6. The smallest absolute Gasteiger partial charge is 0.449 e. The second-order valence-electron chi connectivity index (χ2n) is 5.63. The molecule has 9 heteroatoms. The summed E-state index contributed by atoms with van der Waals surface area (Å²) < 4.78 is 51.0. The van der Waals surface area contributed by atoms with Crippen LogP contribution in [0.1, 0.15) is 5.82 Å². The highest BCUT2D eigenvalue weighted by atomic mass is 19.4. The molecular weight excluding hydrogens is 363 g/mol. The highest BCUT2D eigenvalue weighted by molar-refractivity contribution is 5.92. The number of carbonyl (C=O) groups excluding carboxylic acids is 1. The van der Waals surface area contributed by atoms with Gasteiger partial charge >= 0.3 is 6.18 Å². The first-order valence-corrected chi connectivity index (χ1v) is 7.88. The minimum Gasteiger partial charge on any atom is -0.493 e. The number of hydrogen-bond donors (Lipinski definition) is 1. The lowest BCUT2D eigenvalue weighted by Crippen LogP contribution is -2.23. The molecule has 0 aliphatic heterocycles. The third-order valence-corrected chi connectivity index (χ3v) is 3.88. The molecule has 1 N–H and O–H groups in total. The van der Waals surface area contributed by atoms with Gasteiger partial charge < -0.3 is 19.4 Å². The number of para-hydroxylation sites is 2. The Balaban J connectivity index is 1.88. The van der Waals surface area contributed by atoms with Crippen LogP contribution in [0.4, 0.5) is 18.9 Å². The quantitative estimate of drug-likeness (QED) is 0.734. The first-order chi connectivity index (χ1) is 12.8. The Morgan fingerprint density at radius 2 is 1.81 bits per heavy atom. The standard InChI is InChI=1S/C18H16F3N3O3/c1-26-14-8-7-11(9-15(14)27-2)22-16(25)10-24-13-6-4-3-5-12(13)23-17(24)18(19,20)21/h3-9H,10H2,1-2H3,(H,22,25). The third kappa shape index (κ3) is 3.81. The van der Waals surface area contributed by atoms with Gasteiger partial charge in [-0.2, -0.15) is 13.2 Å². The van der Waals surface area contributed by atoms with Gasteiger partial charge in [-0.25, -0.2) is 4.98 Å². The van der Waals surface area contributed by atoms with Crippen molar-refractivity contribution in [3.63, 3.8) is 0 Å². The Hall–Kier alpha value is -3.23. The maximum Gasteiger partial charge on any atom is 0.449 e. The zero-order valence-corrected chi connectivity index (χ0v) is 14.5. The van der Waals surface area contributed by atoms with Crippen molar-refractivity contribution in [2.45, 2.75) is 12.7 Å². The number of nitrogens with one attached hydrogen (secondary N) is 1. The molecule has 0 saturated carbocycles. The molecule has 6 nitrogen and oxygen atoms in total. The van der Waals surface area contributed by atoms with Gasteiger partial charge in [0, 0.05) is 11.8 Å². The molecule has 0 saturated heterocycles. The van der Waals surface area contributed by atoms with Crippen molar-refractivity contribution in [1.29, 1.82) is 0 Å². The number of imidazole rings is 1. The second-order valence-corrected chi connectivity index (χ2v) is 5.63. The Kier molecular flexibility index (Phi) is 4.93. The van der Waals surface area contributed by atoms with Crippen molar-refractivity contribution in [1.82, 2.24) is 9.55 Å². The first-order valence-electron chi connectivity index (χ1n) is 7.88. The molecule has 0 aliphatic rings. The summed E-state index contributed by atoms with van der Waals surface area (Å²) in [5.74, 6) is -0.892. The Morgan fingerprint density at radius 1 is 1.11 bits per heavy atom. The van der Waals surface area contributed by atoms with Crippen LogP contribution in [-0.4, -0.2) is 29.7 Å². The number of hydrogen-bond acceptors (Lipinski definition) is 4. The van der Waals surface area contributed by atoms with Crippen molar-refractivity contribution in [3.8, 4) is 11.5 Å². The molecule has 2 aromatic carbocycles. The molecule has 0 atom stereocenters. The molecule has 0 fully saturated rings. The van der Waals surface area contributed by atoms with E-state index in [-0.39, 0.29) is 11.0 Å². The van der Waals surface area contributed by atoms with Crippen LogP contribution in [0.3, 0.4) is 0 Å². The molecule has 0 radical (unpaired) electrons. The summed E-state index contributed by atoms with van der Waals surface area (Å²) in [6.07, 6.45) is -4.68. The molecular formula is C18H16F3N3O3. The number of fused-ring (bicyclic) bond motifs is 1. The van der Waals surface area contributed by atoms with Crippen molar-refractivity contribution in [2.75, 3.05) is 19.5 Å². The van der Waals surface area contributed by atoms with Crippen LogP contribution in [0.2, 0.25) is 0 Å². The average molecular weight is 379 g/mol. The van der Waals surface area contributed by atoms with E-state index in [1.54, 1.807) is 24.3 Å². The predicted molar refractivity (Wildman–Crippen MR) is 92.9 cm³/mol. The van der Waals surface area contributed by atoms with Gasteiger partial charge in [0.2, 0.25) is 11.7 Å². The topological polar surface area (TPSA) is 65.4 Å². The summed E-state index contributed by atoms with van der Waals surface area (Å²) in [4.78, 5) is 16.0. The Morgan fingerprint density at radius 3 is 2.48 bits per heavy atom. The van der Waals surface area contributed by atoms with Crippen LogP contribution in [0, 0.1) is 0 Å². The number of aromatic nitrogens is 2. The molecule has 3 rings (SSSR count). The van der Waals surface area contributed by atoms with E-state index in [1.807, 2.05) is 0 Å². The van der Waals surface area contributed by atoms with Crippen molar-refractivity contribution < 1.29 is 27.4 Å². The molecule has 0 aliphatic carbocycles. The molecule has 1 amide bonds. The number of halogens is 3. The maximum atomic E-state index is 13.3. The van der Waals surface area contributed by atoms with E-state index in [1.165, 1.54) is 32.4 Å². The van der Waals surface area contributed by atoms with E-state index < -0.39 is 24.5 Å². The molecule has 27 heavy (non-hydrogen) atoms. The fourth-order valence-electron chi connectivity index (χ4n) is 2.71. The first kappa shape index (κ1) is 18.6. The number of amides is 1. The van der Waals surface area contributed by atoms with Crippen LogP contribution < -0.4 is 14.8 Å². The highest BCUT2D eigenvalue weighted by Gasteiger charge is 2.38. The molecule has 0 unspecified atom stereocenters. The third-order valence-electron chi connectivity index (χ3n) is 3.88. The molecule has 142 valence electrons. The molecule has 0 bridgehead atoms. The minimum absolute atomic E-state index is 0.170. The summed E-state index contributed by atoms with van der Waals surface area (Å²) in [7, 11) is 2.91. The SMILES string of the molecule is COc1ccc(NC(=O)Cn2c(C(F)(F)F)nc3ccccc32)cc1OC.